The molecule has 1 saturated heterocycles. The number of ether oxygens (including phenoxy) is 1. The first-order chi connectivity index (χ1) is 11.3. The second kappa shape index (κ2) is 5.96. The molecule has 118 valence electrons. The normalized spacial score (nSPS) is 16.0. The molecule has 2 aromatic heterocycles. The van der Waals surface area contributed by atoms with Crippen molar-refractivity contribution in [1.82, 2.24) is 19.6 Å². The van der Waals surface area contributed by atoms with Gasteiger partial charge in [0.15, 0.2) is 0 Å². The zero-order chi connectivity index (χ0) is 15.6. The van der Waals surface area contributed by atoms with Crippen LogP contribution in [0.3, 0.4) is 0 Å². The van der Waals surface area contributed by atoms with E-state index < -0.39 is 0 Å². The van der Waals surface area contributed by atoms with E-state index in [0.29, 0.717) is 18.0 Å². The molecule has 6 heteroatoms. The number of nitrogens with zero attached hydrogens (tertiary/aromatic N) is 3. The van der Waals surface area contributed by atoms with E-state index in [1.54, 1.807) is 0 Å². The molecule has 0 amide bonds. The Kier molecular flexibility index (Phi) is 3.67. The summed E-state index contributed by atoms with van der Waals surface area (Å²) in [6.45, 7) is 1.47. The highest BCUT2D eigenvalue weighted by Gasteiger charge is 2.22. The fourth-order valence-corrected chi connectivity index (χ4v) is 3.12. The zero-order valence-corrected chi connectivity index (χ0v) is 12.7. The Bertz CT molecular complexity index is 863. The van der Waals surface area contributed by atoms with Crippen LogP contribution in [0.4, 0.5) is 0 Å². The third-order valence-electron chi connectivity index (χ3n) is 4.31. The van der Waals surface area contributed by atoms with Gasteiger partial charge in [-0.1, -0.05) is 30.3 Å². The molecule has 3 heterocycles. The lowest BCUT2D eigenvalue weighted by molar-refractivity contribution is 0.0834. The third kappa shape index (κ3) is 2.77. The van der Waals surface area contributed by atoms with Gasteiger partial charge in [-0.15, -0.1) is 10.2 Å². The second-order valence-electron chi connectivity index (χ2n) is 5.91. The molecule has 0 saturated carbocycles. The first kappa shape index (κ1) is 14.1. The summed E-state index contributed by atoms with van der Waals surface area (Å²) < 4.78 is 7.27. The van der Waals surface area contributed by atoms with Crippen LogP contribution in [0.1, 0.15) is 35.8 Å². The first-order valence-electron chi connectivity index (χ1n) is 7.90. The summed E-state index contributed by atoms with van der Waals surface area (Å²) in [4.78, 5) is 15.2. The monoisotopic (exact) mass is 310 g/mol. The van der Waals surface area contributed by atoms with Gasteiger partial charge in [0.05, 0.1) is 0 Å². The van der Waals surface area contributed by atoms with Gasteiger partial charge < -0.3 is 9.72 Å². The maximum absolute atomic E-state index is 12.3. The Hall–Kier alpha value is -2.47. The summed E-state index contributed by atoms with van der Waals surface area (Å²) in [5, 5.41) is 8.34. The maximum atomic E-state index is 12.3. The molecule has 1 aliphatic heterocycles. The molecule has 1 aromatic carbocycles. The molecular formula is C17H18N4O2. The minimum Gasteiger partial charge on any atom is -0.381 e. The van der Waals surface area contributed by atoms with Crippen molar-refractivity contribution < 1.29 is 4.74 Å². The van der Waals surface area contributed by atoms with Crippen LogP contribution in [0.15, 0.2) is 41.3 Å². The number of nitrogens with one attached hydrogen (secondary N) is 1. The highest BCUT2D eigenvalue weighted by Crippen LogP contribution is 2.25. The highest BCUT2D eigenvalue weighted by molar-refractivity contribution is 5.37. The van der Waals surface area contributed by atoms with Gasteiger partial charge in [0.1, 0.15) is 5.82 Å². The van der Waals surface area contributed by atoms with Crippen molar-refractivity contribution in [2.75, 3.05) is 13.2 Å². The van der Waals surface area contributed by atoms with Gasteiger partial charge in [0.2, 0.25) is 5.65 Å². The quantitative estimate of drug-likeness (QED) is 0.802. The van der Waals surface area contributed by atoms with Gasteiger partial charge in [-0.3, -0.25) is 9.20 Å². The van der Waals surface area contributed by atoms with E-state index in [1.807, 2.05) is 40.9 Å². The number of hydrogen-bond acceptors (Lipinski definition) is 4. The SMILES string of the molecule is O=c1[nH]c(Cc2ccccc2)cn2c(C3CCOCC3)nnc12. The van der Waals surface area contributed by atoms with Crippen LogP contribution < -0.4 is 5.56 Å². The van der Waals surface area contributed by atoms with Crippen molar-refractivity contribution in [3.8, 4) is 0 Å². The summed E-state index contributed by atoms with van der Waals surface area (Å²) in [7, 11) is 0. The molecule has 0 atom stereocenters. The van der Waals surface area contributed by atoms with Gasteiger partial charge in [0.25, 0.3) is 5.56 Å². The van der Waals surface area contributed by atoms with Crippen LogP contribution in [-0.4, -0.2) is 32.8 Å². The number of hydrogen-bond donors (Lipinski definition) is 1. The predicted octanol–water partition coefficient (Wildman–Crippen LogP) is 1.90. The number of rotatable bonds is 3. The van der Waals surface area contributed by atoms with Crippen LogP contribution in [0.5, 0.6) is 0 Å². The van der Waals surface area contributed by atoms with Crippen molar-refractivity contribution >= 4 is 5.65 Å². The molecule has 0 aliphatic carbocycles. The Morgan fingerprint density at radius 2 is 1.96 bits per heavy atom. The van der Waals surface area contributed by atoms with Gasteiger partial charge >= 0.3 is 0 Å². The molecule has 1 fully saturated rings. The number of aromatic amines is 1. The number of benzene rings is 1. The summed E-state index contributed by atoms with van der Waals surface area (Å²) in [5.74, 6) is 1.16. The fraction of sp³-hybridized carbons (Fsp3) is 0.353. The lowest BCUT2D eigenvalue weighted by atomic mass is 9.99. The highest BCUT2D eigenvalue weighted by atomic mass is 16.5. The first-order valence-corrected chi connectivity index (χ1v) is 7.90. The standard InChI is InChI=1S/C17H18N4O2/c22-17-16-20-19-15(13-6-8-23-9-7-13)21(16)11-14(18-17)10-12-4-2-1-3-5-12/h1-5,11,13H,6-10H2,(H,18,22). The molecule has 0 spiro atoms. The number of fused-ring (bicyclic) bond motifs is 1. The molecule has 4 rings (SSSR count). The summed E-state index contributed by atoms with van der Waals surface area (Å²) in [6, 6.07) is 10.1. The maximum Gasteiger partial charge on any atom is 0.293 e. The van der Waals surface area contributed by atoms with Crippen LogP contribution in [0.2, 0.25) is 0 Å². The van der Waals surface area contributed by atoms with Gasteiger partial charge in [-0.2, -0.15) is 0 Å². The Morgan fingerprint density at radius 3 is 2.74 bits per heavy atom. The Labute approximate surface area is 133 Å². The van der Waals surface area contributed by atoms with Crippen molar-refractivity contribution in [3.63, 3.8) is 0 Å². The van der Waals surface area contributed by atoms with Crippen LogP contribution in [-0.2, 0) is 11.2 Å². The molecule has 0 bridgehead atoms. The van der Waals surface area contributed by atoms with E-state index >= 15 is 0 Å². The topological polar surface area (TPSA) is 72.3 Å². The van der Waals surface area contributed by atoms with Gasteiger partial charge in [-0.05, 0) is 18.4 Å². The molecular weight excluding hydrogens is 292 g/mol. The number of aromatic nitrogens is 4. The third-order valence-corrected chi connectivity index (χ3v) is 4.31. The fourth-order valence-electron chi connectivity index (χ4n) is 3.12. The molecule has 3 aromatic rings. The lowest BCUT2D eigenvalue weighted by Crippen LogP contribution is -2.18. The molecule has 1 N–H and O–H groups in total. The van der Waals surface area contributed by atoms with Crippen molar-refractivity contribution in [2.24, 2.45) is 0 Å². The summed E-state index contributed by atoms with van der Waals surface area (Å²) in [5.41, 5.74) is 2.19. The predicted molar refractivity (Wildman–Crippen MR) is 85.6 cm³/mol. The van der Waals surface area contributed by atoms with E-state index in [0.717, 1.165) is 43.1 Å². The van der Waals surface area contributed by atoms with Gasteiger partial charge in [-0.25, -0.2) is 0 Å². The Balaban J connectivity index is 1.74. The van der Waals surface area contributed by atoms with E-state index in [9.17, 15) is 4.79 Å². The average molecular weight is 310 g/mol. The molecule has 0 unspecified atom stereocenters. The van der Waals surface area contributed by atoms with Gasteiger partial charge in [0, 0.05) is 37.4 Å². The molecule has 6 nitrogen and oxygen atoms in total. The van der Waals surface area contributed by atoms with Crippen molar-refractivity contribution in [3.05, 3.63) is 64.0 Å². The smallest absolute Gasteiger partial charge is 0.293 e. The molecule has 23 heavy (non-hydrogen) atoms. The molecule has 1 aliphatic rings. The van der Waals surface area contributed by atoms with E-state index in [-0.39, 0.29) is 5.56 Å². The Morgan fingerprint density at radius 1 is 1.17 bits per heavy atom. The lowest BCUT2D eigenvalue weighted by Gasteiger charge is -2.20. The largest absolute Gasteiger partial charge is 0.381 e. The molecule has 0 radical (unpaired) electrons. The summed E-state index contributed by atoms with van der Waals surface area (Å²) in [6.07, 6.45) is 4.47. The zero-order valence-electron chi connectivity index (χ0n) is 12.7. The van der Waals surface area contributed by atoms with E-state index in [1.165, 1.54) is 0 Å². The van der Waals surface area contributed by atoms with Crippen molar-refractivity contribution in [2.45, 2.75) is 25.2 Å². The van der Waals surface area contributed by atoms with E-state index in [2.05, 4.69) is 15.2 Å². The van der Waals surface area contributed by atoms with Crippen LogP contribution >= 0.6 is 0 Å². The van der Waals surface area contributed by atoms with Crippen LogP contribution in [0.25, 0.3) is 5.65 Å². The summed E-state index contributed by atoms with van der Waals surface area (Å²) >= 11 is 0. The second-order valence-corrected chi connectivity index (χ2v) is 5.91. The number of H-pyrrole nitrogens is 1. The minimum absolute atomic E-state index is 0.191. The average Bonchev–Trinajstić information content (AvgIpc) is 3.01. The minimum atomic E-state index is -0.191. The van der Waals surface area contributed by atoms with Crippen molar-refractivity contribution in [1.29, 1.82) is 0 Å². The van der Waals surface area contributed by atoms with E-state index in [4.69, 9.17) is 4.74 Å². The van der Waals surface area contributed by atoms with Crippen LogP contribution in [0, 0.1) is 0 Å².